The number of cyclic esters (lactones) is 1. The molecular weight excluding hydrogens is 464 g/mol. The van der Waals surface area contributed by atoms with Gasteiger partial charge in [0.25, 0.3) is 5.69 Å². The molecule has 2 aromatic carbocycles. The molecule has 0 bridgehead atoms. The molecule has 0 radical (unpaired) electrons. The molecule has 0 spiro atoms. The standard InChI is InChI=1S/C23H25F2N5O5/c24-17-6-5-15(13-18(17)25)21-14-35-23(32)29(21)22(31)27-10-9-26-16-7-11-28(12-8-16)19-3-1-2-4-20(19)30(33)34/h1-6,13,16,21,26H,7-12,14H2,(H,27,31)/t21-/m1/s1. The predicted octanol–water partition coefficient (Wildman–Crippen LogP) is 3.33. The van der Waals surface area contributed by atoms with Crippen LogP contribution in [0.15, 0.2) is 42.5 Å². The van der Waals surface area contributed by atoms with Crippen molar-refractivity contribution in [3.8, 4) is 0 Å². The molecular formula is C23H25F2N5O5. The molecule has 186 valence electrons. The van der Waals surface area contributed by atoms with Crippen molar-refractivity contribution >= 4 is 23.5 Å². The van der Waals surface area contributed by atoms with E-state index in [1.807, 2.05) is 4.90 Å². The van der Waals surface area contributed by atoms with Crippen LogP contribution in [0, 0.1) is 21.7 Å². The van der Waals surface area contributed by atoms with E-state index in [2.05, 4.69) is 10.6 Å². The van der Waals surface area contributed by atoms with Gasteiger partial charge in [0.1, 0.15) is 18.3 Å². The Morgan fingerprint density at radius 3 is 2.57 bits per heavy atom. The second kappa shape index (κ2) is 10.6. The molecule has 0 unspecified atom stereocenters. The summed E-state index contributed by atoms with van der Waals surface area (Å²) in [6.07, 6.45) is 0.695. The minimum absolute atomic E-state index is 0.0868. The summed E-state index contributed by atoms with van der Waals surface area (Å²) >= 11 is 0. The number of urea groups is 1. The van der Waals surface area contributed by atoms with Gasteiger partial charge < -0.3 is 20.3 Å². The third-order valence-electron chi connectivity index (χ3n) is 6.17. The Morgan fingerprint density at radius 2 is 1.86 bits per heavy atom. The van der Waals surface area contributed by atoms with Gasteiger partial charge in [0.05, 0.1) is 4.92 Å². The molecule has 2 aromatic rings. The Balaban J connectivity index is 1.23. The number of nitrogens with zero attached hydrogens (tertiary/aromatic N) is 3. The molecule has 3 amide bonds. The third kappa shape index (κ3) is 5.48. The average molecular weight is 489 g/mol. The largest absolute Gasteiger partial charge is 0.446 e. The van der Waals surface area contributed by atoms with Gasteiger partial charge in [-0.15, -0.1) is 0 Å². The summed E-state index contributed by atoms with van der Waals surface area (Å²) < 4.78 is 31.8. The van der Waals surface area contributed by atoms with E-state index in [0.29, 0.717) is 25.3 Å². The van der Waals surface area contributed by atoms with E-state index < -0.39 is 29.8 Å². The number of hydrogen-bond acceptors (Lipinski definition) is 7. The molecule has 2 saturated heterocycles. The van der Waals surface area contributed by atoms with Gasteiger partial charge in [-0.05, 0) is 36.6 Å². The summed E-state index contributed by atoms with van der Waals surface area (Å²) in [6, 6.07) is 8.51. The summed E-state index contributed by atoms with van der Waals surface area (Å²) in [5.74, 6) is -2.09. The molecule has 1 atom stereocenters. The Bertz CT molecular complexity index is 1110. The molecule has 2 aliphatic rings. The maximum atomic E-state index is 13.6. The lowest BCUT2D eigenvalue weighted by molar-refractivity contribution is -0.384. The second-order valence-electron chi connectivity index (χ2n) is 8.33. The van der Waals surface area contributed by atoms with Gasteiger partial charge in [0, 0.05) is 38.3 Å². The number of nitro benzene ring substituents is 1. The Hall–Kier alpha value is -3.80. The number of ether oxygens (including phenoxy) is 1. The molecule has 2 fully saturated rings. The van der Waals surface area contributed by atoms with Gasteiger partial charge in [-0.25, -0.2) is 23.3 Å². The van der Waals surface area contributed by atoms with Crippen molar-refractivity contribution in [1.82, 2.24) is 15.5 Å². The first-order valence-corrected chi connectivity index (χ1v) is 11.3. The van der Waals surface area contributed by atoms with Crippen LogP contribution in [0.4, 0.5) is 29.7 Å². The highest BCUT2D eigenvalue weighted by atomic mass is 19.2. The van der Waals surface area contributed by atoms with Crippen molar-refractivity contribution < 1.29 is 28.0 Å². The molecule has 12 heteroatoms. The molecule has 0 saturated carbocycles. The first kappa shape index (κ1) is 24.3. The van der Waals surface area contributed by atoms with E-state index in [0.717, 1.165) is 29.9 Å². The number of benzene rings is 2. The normalized spacial score (nSPS) is 18.5. The van der Waals surface area contributed by atoms with Crippen LogP contribution < -0.4 is 15.5 Å². The molecule has 2 N–H and O–H groups in total. The van der Waals surface area contributed by atoms with Gasteiger partial charge in [-0.1, -0.05) is 18.2 Å². The van der Waals surface area contributed by atoms with E-state index in [4.69, 9.17) is 4.74 Å². The third-order valence-corrected chi connectivity index (χ3v) is 6.17. The van der Waals surface area contributed by atoms with Crippen molar-refractivity contribution in [3.63, 3.8) is 0 Å². The van der Waals surface area contributed by atoms with Gasteiger partial charge in [-0.2, -0.15) is 0 Å². The number of piperidine rings is 1. The number of anilines is 1. The van der Waals surface area contributed by atoms with Crippen molar-refractivity contribution in [2.24, 2.45) is 0 Å². The summed E-state index contributed by atoms with van der Waals surface area (Å²) in [5.41, 5.74) is 0.952. The molecule has 2 aliphatic heterocycles. The van der Waals surface area contributed by atoms with Crippen LogP contribution in [0.25, 0.3) is 0 Å². The van der Waals surface area contributed by atoms with Gasteiger partial charge in [0.2, 0.25) is 0 Å². The lowest BCUT2D eigenvalue weighted by Crippen LogP contribution is -2.47. The fourth-order valence-corrected chi connectivity index (χ4v) is 4.35. The Kier molecular flexibility index (Phi) is 7.39. The number of imide groups is 1. The van der Waals surface area contributed by atoms with Crippen LogP contribution in [0.5, 0.6) is 0 Å². The van der Waals surface area contributed by atoms with E-state index in [-0.39, 0.29) is 35.4 Å². The zero-order valence-corrected chi connectivity index (χ0v) is 18.8. The van der Waals surface area contributed by atoms with Crippen molar-refractivity contribution in [1.29, 1.82) is 0 Å². The fraction of sp³-hybridized carbons (Fsp3) is 0.391. The summed E-state index contributed by atoms with van der Waals surface area (Å²) in [5, 5.41) is 17.3. The van der Waals surface area contributed by atoms with E-state index >= 15 is 0 Å². The number of nitrogens with one attached hydrogen (secondary N) is 2. The van der Waals surface area contributed by atoms with Crippen LogP contribution >= 0.6 is 0 Å². The monoisotopic (exact) mass is 489 g/mol. The number of nitro groups is 1. The molecule has 35 heavy (non-hydrogen) atoms. The quantitative estimate of drug-likeness (QED) is 0.348. The maximum absolute atomic E-state index is 13.6. The number of para-hydroxylation sites is 2. The lowest BCUT2D eigenvalue weighted by atomic mass is 10.0. The Labute approximate surface area is 200 Å². The minimum atomic E-state index is -1.07. The van der Waals surface area contributed by atoms with Gasteiger partial charge in [-0.3, -0.25) is 10.1 Å². The maximum Gasteiger partial charge on any atom is 0.418 e. The zero-order chi connectivity index (χ0) is 24.9. The number of halogens is 2. The van der Waals surface area contributed by atoms with Gasteiger partial charge in [0.15, 0.2) is 11.6 Å². The predicted molar refractivity (Wildman–Crippen MR) is 122 cm³/mol. The average Bonchev–Trinajstić information content (AvgIpc) is 3.25. The lowest BCUT2D eigenvalue weighted by Gasteiger charge is -2.33. The first-order chi connectivity index (χ1) is 16.8. The van der Waals surface area contributed by atoms with Gasteiger partial charge >= 0.3 is 12.1 Å². The van der Waals surface area contributed by atoms with Crippen LogP contribution in [-0.2, 0) is 4.74 Å². The molecule has 0 aliphatic carbocycles. The van der Waals surface area contributed by atoms with Crippen LogP contribution in [0.3, 0.4) is 0 Å². The highest BCUT2D eigenvalue weighted by molar-refractivity contribution is 5.92. The number of carbonyl (C=O) groups is 2. The first-order valence-electron chi connectivity index (χ1n) is 11.3. The highest BCUT2D eigenvalue weighted by Crippen LogP contribution is 2.30. The number of carbonyl (C=O) groups excluding carboxylic acids is 2. The van der Waals surface area contributed by atoms with E-state index in [9.17, 15) is 28.5 Å². The summed E-state index contributed by atoms with van der Waals surface area (Å²) in [7, 11) is 0. The topological polar surface area (TPSA) is 117 Å². The van der Waals surface area contributed by atoms with Crippen molar-refractivity contribution in [2.75, 3.05) is 37.7 Å². The van der Waals surface area contributed by atoms with Crippen LogP contribution in [0.2, 0.25) is 0 Å². The molecule has 0 aromatic heterocycles. The summed E-state index contributed by atoms with van der Waals surface area (Å²) in [6.45, 7) is 1.85. The number of hydrogen-bond donors (Lipinski definition) is 2. The molecule has 4 rings (SSSR count). The number of amides is 3. The zero-order valence-electron chi connectivity index (χ0n) is 18.8. The minimum Gasteiger partial charge on any atom is -0.446 e. The van der Waals surface area contributed by atoms with E-state index in [1.54, 1.807) is 18.2 Å². The van der Waals surface area contributed by atoms with E-state index in [1.165, 1.54) is 12.1 Å². The van der Waals surface area contributed by atoms with Crippen LogP contribution in [0.1, 0.15) is 24.4 Å². The SMILES string of the molecule is O=C(NCCNC1CCN(c2ccccc2[N+](=O)[O-])CC1)N1C(=O)OC[C@@H]1c1ccc(F)c(F)c1. The smallest absolute Gasteiger partial charge is 0.418 e. The highest BCUT2D eigenvalue weighted by Gasteiger charge is 2.39. The molecule has 10 nitrogen and oxygen atoms in total. The van der Waals surface area contributed by atoms with Crippen LogP contribution in [-0.4, -0.2) is 60.8 Å². The Morgan fingerprint density at radius 1 is 1.11 bits per heavy atom. The summed E-state index contributed by atoms with van der Waals surface area (Å²) in [4.78, 5) is 38.4. The second-order valence-corrected chi connectivity index (χ2v) is 8.33. The molecule has 2 heterocycles. The van der Waals surface area contributed by atoms with Crippen molar-refractivity contribution in [3.05, 3.63) is 69.8 Å². The fourth-order valence-electron chi connectivity index (χ4n) is 4.35. The number of rotatable bonds is 7. The van der Waals surface area contributed by atoms with Crippen molar-refractivity contribution in [2.45, 2.75) is 24.9 Å².